The highest BCUT2D eigenvalue weighted by atomic mass is 16.8. The van der Waals surface area contributed by atoms with Gasteiger partial charge in [-0.1, -0.05) is 6.08 Å². The van der Waals surface area contributed by atoms with E-state index in [1.165, 1.54) is 0 Å². The van der Waals surface area contributed by atoms with Crippen molar-refractivity contribution in [2.45, 2.75) is 57.1 Å². The van der Waals surface area contributed by atoms with Crippen LogP contribution in [0.3, 0.4) is 0 Å². The van der Waals surface area contributed by atoms with Gasteiger partial charge in [-0.2, -0.15) is 0 Å². The van der Waals surface area contributed by atoms with Gasteiger partial charge in [0.15, 0.2) is 12.1 Å². The van der Waals surface area contributed by atoms with Crippen LogP contribution < -0.4 is 0 Å². The van der Waals surface area contributed by atoms with Gasteiger partial charge >= 0.3 is 0 Å². The summed E-state index contributed by atoms with van der Waals surface area (Å²) in [6.07, 6.45) is 2.43. The van der Waals surface area contributed by atoms with E-state index in [1.54, 1.807) is 7.11 Å². The Balaban J connectivity index is 2.03. The fourth-order valence-electron chi connectivity index (χ4n) is 2.83. The highest BCUT2D eigenvalue weighted by Gasteiger charge is 2.55. The summed E-state index contributed by atoms with van der Waals surface area (Å²) in [6.45, 7) is 7.61. The summed E-state index contributed by atoms with van der Waals surface area (Å²) in [7, 11) is 1.60. The molecule has 5 heteroatoms. The number of aliphatic hydroxyl groups excluding tert-OH is 1. The van der Waals surface area contributed by atoms with Gasteiger partial charge in [0.25, 0.3) is 0 Å². The van der Waals surface area contributed by atoms with E-state index in [0.29, 0.717) is 6.42 Å². The second-order valence-corrected chi connectivity index (χ2v) is 5.65. The number of aliphatic hydroxyl groups is 1. The van der Waals surface area contributed by atoms with Gasteiger partial charge in [0.1, 0.15) is 12.2 Å². The molecular formula is C14H24O5. The summed E-state index contributed by atoms with van der Waals surface area (Å²) in [5.41, 5.74) is 0. The molecule has 0 bridgehead atoms. The van der Waals surface area contributed by atoms with Crippen LogP contribution in [0.5, 0.6) is 0 Å². The molecule has 2 fully saturated rings. The Kier molecular flexibility index (Phi) is 4.63. The minimum atomic E-state index is -0.610. The Labute approximate surface area is 114 Å². The van der Waals surface area contributed by atoms with Crippen molar-refractivity contribution in [2.75, 3.05) is 13.7 Å². The van der Waals surface area contributed by atoms with Crippen molar-refractivity contribution in [3.63, 3.8) is 0 Å². The molecule has 1 N–H and O–H groups in total. The maximum absolute atomic E-state index is 9.38. The van der Waals surface area contributed by atoms with E-state index in [4.69, 9.17) is 18.9 Å². The molecule has 0 radical (unpaired) electrons. The van der Waals surface area contributed by atoms with Gasteiger partial charge in [0.2, 0.25) is 0 Å². The normalized spacial score (nSPS) is 38.1. The minimum Gasteiger partial charge on any atom is -0.396 e. The van der Waals surface area contributed by atoms with Gasteiger partial charge in [0, 0.05) is 13.7 Å². The minimum absolute atomic E-state index is 0.116. The largest absolute Gasteiger partial charge is 0.396 e. The van der Waals surface area contributed by atoms with Crippen molar-refractivity contribution in [3.05, 3.63) is 12.7 Å². The Morgan fingerprint density at radius 3 is 2.63 bits per heavy atom. The average Bonchev–Trinajstić information content (AvgIpc) is 2.83. The monoisotopic (exact) mass is 272 g/mol. The summed E-state index contributed by atoms with van der Waals surface area (Å²) in [6, 6.07) is 0. The quantitative estimate of drug-likeness (QED) is 0.742. The van der Waals surface area contributed by atoms with Gasteiger partial charge in [0.05, 0.1) is 6.10 Å². The number of allylic oxidation sites excluding steroid dienone is 1. The van der Waals surface area contributed by atoms with E-state index < -0.39 is 12.1 Å². The molecule has 0 aromatic carbocycles. The van der Waals surface area contributed by atoms with Crippen LogP contribution in [0.4, 0.5) is 0 Å². The predicted molar refractivity (Wildman–Crippen MR) is 69.5 cm³/mol. The van der Waals surface area contributed by atoms with Crippen LogP contribution in [0.2, 0.25) is 0 Å². The molecule has 0 aromatic heterocycles. The Bertz CT molecular complexity index is 317. The smallest absolute Gasteiger partial charge is 0.186 e. The number of ether oxygens (including phenoxy) is 4. The first-order valence-electron chi connectivity index (χ1n) is 6.76. The first-order valence-corrected chi connectivity index (χ1v) is 6.76. The molecule has 5 atom stereocenters. The van der Waals surface area contributed by atoms with Gasteiger partial charge in [-0.15, -0.1) is 6.58 Å². The van der Waals surface area contributed by atoms with Gasteiger partial charge in [-0.3, -0.25) is 0 Å². The predicted octanol–water partition coefficient (Wildman–Crippen LogP) is 1.45. The lowest BCUT2D eigenvalue weighted by Crippen LogP contribution is -2.31. The maximum Gasteiger partial charge on any atom is 0.186 e. The summed E-state index contributed by atoms with van der Waals surface area (Å²) in [5.74, 6) is -0.479. The van der Waals surface area contributed by atoms with Crippen LogP contribution in [-0.4, -0.2) is 49.2 Å². The molecule has 0 aromatic rings. The molecular weight excluding hydrogens is 248 g/mol. The van der Waals surface area contributed by atoms with Crippen molar-refractivity contribution >= 4 is 0 Å². The third-order valence-electron chi connectivity index (χ3n) is 3.66. The lowest BCUT2D eigenvalue weighted by atomic mass is 9.95. The summed E-state index contributed by atoms with van der Waals surface area (Å²) >= 11 is 0. The highest BCUT2D eigenvalue weighted by molar-refractivity contribution is 4.96. The molecule has 2 heterocycles. The van der Waals surface area contributed by atoms with Gasteiger partial charge < -0.3 is 24.1 Å². The van der Waals surface area contributed by atoms with Crippen molar-refractivity contribution in [1.82, 2.24) is 0 Å². The standard InChI is InChI=1S/C14H24O5/c1-5-6-9(8-15)7-10-11-12(13(16-4)17-10)19-14(2,3)18-11/h5,9-13,15H,1,6-8H2,2-4H3/t9-,10+,11?,12?,13+/m0/s1. The fourth-order valence-corrected chi connectivity index (χ4v) is 2.83. The maximum atomic E-state index is 9.38. The highest BCUT2D eigenvalue weighted by Crippen LogP contribution is 2.40. The van der Waals surface area contributed by atoms with Crippen LogP contribution in [0.25, 0.3) is 0 Å². The van der Waals surface area contributed by atoms with Gasteiger partial charge in [-0.25, -0.2) is 0 Å². The SMILES string of the molecule is C=CC[C@H](CO)C[C@H]1O[C@@H](OC)C2OC(C)(C)OC21. The van der Waals surface area contributed by atoms with Crippen LogP contribution >= 0.6 is 0 Å². The molecule has 0 saturated carbocycles. The number of hydrogen-bond acceptors (Lipinski definition) is 5. The van der Waals surface area contributed by atoms with E-state index in [9.17, 15) is 5.11 Å². The van der Waals surface area contributed by atoms with E-state index in [1.807, 2.05) is 19.9 Å². The molecule has 0 amide bonds. The summed E-state index contributed by atoms with van der Waals surface area (Å²) in [5, 5.41) is 9.38. The summed E-state index contributed by atoms with van der Waals surface area (Å²) < 4.78 is 22.9. The van der Waals surface area contributed by atoms with Crippen molar-refractivity contribution in [2.24, 2.45) is 5.92 Å². The zero-order valence-electron chi connectivity index (χ0n) is 11.9. The van der Waals surface area contributed by atoms with Crippen molar-refractivity contribution in [1.29, 1.82) is 0 Å². The first-order chi connectivity index (χ1) is 9.00. The zero-order valence-corrected chi connectivity index (χ0v) is 11.9. The van der Waals surface area contributed by atoms with E-state index >= 15 is 0 Å². The summed E-state index contributed by atoms with van der Waals surface area (Å²) in [4.78, 5) is 0. The molecule has 2 saturated heterocycles. The number of rotatable bonds is 6. The lowest BCUT2D eigenvalue weighted by Gasteiger charge is -2.25. The first kappa shape index (κ1) is 14.9. The number of methoxy groups -OCH3 is 1. The van der Waals surface area contributed by atoms with Gasteiger partial charge in [-0.05, 0) is 32.6 Å². The third-order valence-corrected chi connectivity index (χ3v) is 3.66. The van der Waals surface area contributed by atoms with Crippen molar-refractivity contribution < 1.29 is 24.1 Å². The second-order valence-electron chi connectivity index (χ2n) is 5.65. The molecule has 0 spiro atoms. The molecule has 0 aliphatic carbocycles. The number of hydrogen-bond donors (Lipinski definition) is 1. The van der Waals surface area contributed by atoms with E-state index in [-0.39, 0.29) is 30.8 Å². The molecule has 2 aliphatic heterocycles. The van der Waals surface area contributed by atoms with Crippen LogP contribution in [0.15, 0.2) is 12.7 Å². The van der Waals surface area contributed by atoms with Crippen LogP contribution in [0, 0.1) is 5.92 Å². The third kappa shape index (κ3) is 3.17. The fraction of sp³-hybridized carbons (Fsp3) is 0.857. The molecule has 5 nitrogen and oxygen atoms in total. The average molecular weight is 272 g/mol. The molecule has 19 heavy (non-hydrogen) atoms. The van der Waals surface area contributed by atoms with Crippen LogP contribution in [-0.2, 0) is 18.9 Å². The Morgan fingerprint density at radius 1 is 1.37 bits per heavy atom. The van der Waals surface area contributed by atoms with E-state index in [0.717, 1.165) is 6.42 Å². The molecule has 110 valence electrons. The topological polar surface area (TPSA) is 57.2 Å². The Hall–Kier alpha value is -0.460. The van der Waals surface area contributed by atoms with Crippen molar-refractivity contribution in [3.8, 4) is 0 Å². The molecule has 2 aliphatic rings. The van der Waals surface area contributed by atoms with E-state index in [2.05, 4.69) is 6.58 Å². The Morgan fingerprint density at radius 2 is 2.05 bits per heavy atom. The molecule has 2 rings (SSSR count). The van der Waals surface area contributed by atoms with Crippen LogP contribution in [0.1, 0.15) is 26.7 Å². The zero-order chi connectivity index (χ0) is 14.0. The number of fused-ring (bicyclic) bond motifs is 1. The molecule has 2 unspecified atom stereocenters. The lowest BCUT2D eigenvalue weighted by molar-refractivity contribution is -0.228. The second kappa shape index (κ2) is 5.89.